The normalized spacial score (nSPS) is 16.0. The number of hydrogen-bond acceptors (Lipinski definition) is 3. The molecule has 0 unspecified atom stereocenters. The van der Waals surface area contributed by atoms with Crippen LogP contribution in [-0.2, 0) is 11.2 Å². The highest BCUT2D eigenvalue weighted by molar-refractivity contribution is 5.84. The Hall–Kier alpha value is -2.49. The second-order valence-electron chi connectivity index (χ2n) is 8.78. The lowest BCUT2D eigenvalue weighted by molar-refractivity contribution is -0.119. The summed E-state index contributed by atoms with van der Waals surface area (Å²) in [4.78, 5) is 17.4. The monoisotopic (exact) mass is 391 g/mol. The Morgan fingerprint density at radius 3 is 2.28 bits per heavy atom. The molecule has 2 aromatic carbocycles. The molecular formula is C25H33N3O. The fourth-order valence-electron chi connectivity index (χ4n) is 4.61. The van der Waals surface area contributed by atoms with Crippen molar-refractivity contribution < 1.29 is 4.79 Å². The molecule has 0 bridgehead atoms. The van der Waals surface area contributed by atoms with Gasteiger partial charge in [0, 0.05) is 26.2 Å². The molecule has 4 heteroatoms. The molecule has 0 spiro atoms. The highest BCUT2D eigenvalue weighted by Gasteiger charge is 2.29. The van der Waals surface area contributed by atoms with E-state index in [1.54, 1.807) is 0 Å². The number of benzene rings is 2. The summed E-state index contributed by atoms with van der Waals surface area (Å²) in [6.45, 7) is 10.6. The Labute approximate surface area is 174 Å². The third kappa shape index (κ3) is 4.75. The summed E-state index contributed by atoms with van der Waals surface area (Å²) >= 11 is 0. The molecule has 0 aromatic heterocycles. The Kier molecular flexibility index (Phi) is 5.79. The average molecular weight is 392 g/mol. The lowest BCUT2D eigenvalue weighted by Gasteiger charge is -2.38. The van der Waals surface area contributed by atoms with Gasteiger partial charge < -0.3 is 15.1 Å². The van der Waals surface area contributed by atoms with E-state index < -0.39 is 0 Å². The maximum Gasteiger partial charge on any atom is 0.239 e. The van der Waals surface area contributed by atoms with Gasteiger partial charge in [0.1, 0.15) is 0 Å². The van der Waals surface area contributed by atoms with Crippen molar-refractivity contribution in [3.05, 3.63) is 58.7 Å². The molecule has 29 heavy (non-hydrogen) atoms. The first-order valence-electron chi connectivity index (χ1n) is 10.9. The summed E-state index contributed by atoms with van der Waals surface area (Å²) in [5.74, 6) is 0.976. The van der Waals surface area contributed by atoms with Gasteiger partial charge in [-0.15, -0.1) is 0 Å². The Morgan fingerprint density at radius 1 is 1.00 bits per heavy atom. The van der Waals surface area contributed by atoms with Crippen LogP contribution in [0.3, 0.4) is 0 Å². The van der Waals surface area contributed by atoms with E-state index >= 15 is 0 Å². The van der Waals surface area contributed by atoms with Crippen molar-refractivity contribution >= 4 is 17.3 Å². The molecule has 1 saturated carbocycles. The largest absolute Gasteiger partial charge is 0.368 e. The van der Waals surface area contributed by atoms with Gasteiger partial charge in [-0.2, -0.15) is 0 Å². The van der Waals surface area contributed by atoms with Gasteiger partial charge in [0.25, 0.3) is 0 Å². The van der Waals surface area contributed by atoms with Gasteiger partial charge in [0.15, 0.2) is 0 Å². The molecule has 4 rings (SSSR count). The molecule has 1 aliphatic carbocycles. The number of fused-ring (bicyclic) bond motifs is 1. The standard InChI is InChI=1S/C25H33N3O/c1-18-14-19(2)22(20(3)15-18)10-11-26-25(29)17-28-13-12-27(16-21-8-9-21)23-6-4-5-7-24(23)28/h4-7,14-15,21H,8-13,16-17H2,1-3H3,(H,26,29). The van der Waals surface area contributed by atoms with Crippen molar-refractivity contribution in [1.82, 2.24) is 5.32 Å². The SMILES string of the molecule is Cc1cc(C)c(CCNC(=O)CN2CCN(CC3CC3)c3ccccc32)c(C)c1. The van der Waals surface area contributed by atoms with E-state index in [1.807, 2.05) is 0 Å². The maximum absolute atomic E-state index is 12.6. The van der Waals surface area contributed by atoms with Gasteiger partial charge in [-0.25, -0.2) is 0 Å². The van der Waals surface area contributed by atoms with Crippen LogP contribution >= 0.6 is 0 Å². The summed E-state index contributed by atoms with van der Waals surface area (Å²) in [6, 6.07) is 13.0. The Bertz CT molecular complexity index is 864. The van der Waals surface area contributed by atoms with Crippen LogP contribution in [0.2, 0.25) is 0 Å². The minimum Gasteiger partial charge on any atom is -0.368 e. The van der Waals surface area contributed by atoms with E-state index in [-0.39, 0.29) is 5.91 Å². The zero-order chi connectivity index (χ0) is 20.4. The predicted molar refractivity (Wildman–Crippen MR) is 121 cm³/mol. The van der Waals surface area contributed by atoms with Gasteiger partial charge in [-0.1, -0.05) is 29.8 Å². The molecule has 2 aromatic rings. The van der Waals surface area contributed by atoms with Crippen LogP contribution in [0.15, 0.2) is 36.4 Å². The molecule has 0 saturated heterocycles. The van der Waals surface area contributed by atoms with E-state index in [0.29, 0.717) is 13.1 Å². The molecule has 1 aliphatic heterocycles. The zero-order valence-electron chi connectivity index (χ0n) is 18.0. The van der Waals surface area contributed by atoms with Crippen LogP contribution in [0.1, 0.15) is 35.1 Å². The molecule has 154 valence electrons. The number of anilines is 2. The van der Waals surface area contributed by atoms with E-state index in [4.69, 9.17) is 0 Å². The van der Waals surface area contributed by atoms with E-state index in [1.165, 1.54) is 46.5 Å². The van der Waals surface area contributed by atoms with Gasteiger partial charge in [0.2, 0.25) is 5.91 Å². The van der Waals surface area contributed by atoms with Crippen molar-refractivity contribution in [2.24, 2.45) is 5.92 Å². The molecule has 1 fully saturated rings. The summed E-state index contributed by atoms with van der Waals surface area (Å²) in [5.41, 5.74) is 7.77. The number of hydrogen-bond donors (Lipinski definition) is 1. The van der Waals surface area contributed by atoms with Crippen molar-refractivity contribution in [2.45, 2.75) is 40.0 Å². The number of nitrogens with one attached hydrogen (secondary N) is 1. The minimum atomic E-state index is 0.109. The first-order chi connectivity index (χ1) is 14.0. The fourth-order valence-corrected chi connectivity index (χ4v) is 4.61. The van der Waals surface area contributed by atoms with E-state index in [2.05, 4.69) is 72.3 Å². The fraction of sp³-hybridized carbons (Fsp3) is 0.480. The van der Waals surface area contributed by atoms with Crippen LogP contribution in [0.4, 0.5) is 11.4 Å². The molecule has 0 radical (unpaired) electrons. The number of rotatable bonds is 7. The second-order valence-corrected chi connectivity index (χ2v) is 8.78. The number of para-hydroxylation sites is 2. The molecule has 4 nitrogen and oxygen atoms in total. The maximum atomic E-state index is 12.6. The summed E-state index contributed by atoms with van der Waals surface area (Å²) in [5, 5.41) is 3.14. The van der Waals surface area contributed by atoms with Gasteiger partial charge in [-0.05, 0) is 74.8 Å². The van der Waals surface area contributed by atoms with Gasteiger partial charge in [0.05, 0.1) is 17.9 Å². The van der Waals surface area contributed by atoms with Crippen molar-refractivity contribution in [3.63, 3.8) is 0 Å². The van der Waals surface area contributed by atoms with Crippen LogP contribution in [0.25, 0.3) is 0 Å². The van der Waals surface area contributed by atoms with Gasteiger partial charge >= 0.3 is 0 Å². The molecule has 1 N–H and O–H groups in total. The Morgan fingerprint density at radius 2 is 1.62 bits per heavy atom. The first kappa shape index (κ1) is 19.8. The zero-order valence-corrected chi connectivity index (χ0v) is 18.0. The minimum absolute atomic E-state index is 0.109. The third-order valence-electron chi connectivity index (χ3n) is 6.25. The number of nitrogens with zero attached hydrogens (tertiary/aromatic N) is 2. The summed E-state index contributed by atoms with van der Waals surface area (Å²) in [7, 11) is 0. The van der Waals surface area contributed by atoms with Crippen LogP contribution in [-0.4, -0.2) is 38.6 Å². The van der Waals surface area contributed by atoms with Crippen LogP contribution in [0.5, 0.6) is 0 Å². The number of carbonyl (C=O) groups excluding carboxylic acids is 1. The molecule has 2 aliphatic rings. The first-order valence-corrected chi connectivity index (χ1v) is 10.9. The summed E-state index contributed by atoms with van der Waals surface area (Å²) in [6.07, 6.45) is 3.62. The third-order valence-corrected chi connectivity index (χ3v) is 6.25. The predicted octanol–water partition coefficient (Wildman–Crippen LogP) is 4.01. The lowest BCUT2D eigenvalue weighted by Crippen LogP contribution is -2.46. The molecular weight excluding hydrogens is 358 g/mol. The molecule has 0 atom stereocenters. The Balaban J connectivity index is 1.34. The molecule has 1 heterocycles. The summed E-state index contributed by atoms with van der Waals surface area (Å²) < 4.78 is 0. The lowest BCUT2D eigenvalue weighted by atomic mass is 9.97. The van der Waals surface area contributed by atoms with E-state index in [0.717, 1.165) is 32.0 Å². The topological polar surface area (TPSA) is 35.6 Å². The van der Waals surface area contributed by atoms with Crippen molar-refractivity contribution in [3.8, 4) is 0 Å². The number of aryl methyl sites for hydroxylation is 3. The number of amides is 1. The van der Waals surface area contributed by atoms with Crippen molar-refractivity contribution in [1.29, 1.82) is 0 Å². The smallest absolute Gasteiger partial charge is 0.239 e. The van der Waals surface area contributed by atoms with Gasteiger partial charge in [-0.3, -0.25) is 4.79 Å². The quantitative estimate of drug-likeness (QED) is 0.775. The average Bonchev–Trinajstić information content (AvgIpc) is 3.50. The van der Waals surface area contributed by atoms with Crippen LogP contribution in [0, 0.1) is 26.7 Å². The van der Waals surface area contributed by atoms with E-state index in [9.17, 15) is 4.79 Å². The second kappa shape index (κ2) is 8.48. The van der Waals surface area contributed by atoms with Crippen molar-refractivity contribution in [2.75, 3.05) is 42.5 Å². The highest BCUT2D eigenvalue weighted by atomic mass is 16.2. The van der Waals surface area contributed by atoms with Crippen LogP contribution < -0.4 is 15.1 Å². The highest BCUT2D eigenvalue weighted by Crippen LogP contribution is 2.37. The number of carbonyl (C=O) groups is 1. The molecule has 1 amide bonds.